The Morgan fingerprint density at radius 3 is 2.13 bits per heavy atom. The largest absolute Gasteiger partial charge is 0.300 e. The Labute approximate surface area is 96.2 Å². The average molecular weight is 211 g/mol. The van der Waals surface area contributed by atoms with Crippen molar-refractivity contribution in [2.75, 3.05) is 13.1 Å². The Bertz CT molecular complexity index is 178. The predicted octanol–water partition coefficient (Wildman–Crippen LogP) is 3.93. The van der Waals surface area contributed by atoms with Gasteiger partial charge in [-0.15, -0.1) is 0 Å². The van der Waals surface area contributed by atoms with Crippen molar-refractivity contribution in [3.63, 3.8) is 0 Å². The summed E-state index contributed by atoms with van der Waals surface area (Å²) in [5.74, 6) is 0.921. The van der Waals surface area contributed by atoms with Crippen molar-refractivity contribution in [1.82, 2.24) is 4.90 Å². The highest BCUT2D eigenvalue weighted by Gasteiger charge is 2.46. The van der Waals surface area contributed by atoms with Crippen LogP contribution in [0.1, 0.15) is 60.3 Å². The lowest BCUT2D eigenvalue weighted by Crippen LogP contribution is -2.56. The molecule has 1 nitrogen and oxygen atoms in total. The van der Waals surface area contributed by atoms with E-state index in [-0.39, 0.29) is 0 Å². The summed E-state index contributed by atoms with van der Waals surface area (Å²) >= 11 is 0. The van der Waals surface area contributed by atoms with Gasteiger partial charge >= 0.3 is 0 Å². The molecule has 2 fully saturated rings. The van der Waals surface area contributed by atoms with Crippen LogP contribution in [0, 0.1) is 11.3 Å². The molecule has 1 atom stereocenters. The van der Waals surface area contributed by atoms with E-state index >= 15 is 0 Å². The number of likely N-dealkylation sites (tertiary alicyclic amines) is 1. The van der Waals surface area contributed by atoms with E-state index in [2.05, 4.69) is 25.7 Å². The van der Waals surface area contributed by atoms with Gasteiger partial charge in [0, 0.05) is 6.04 Å². The van der Waals surface area contributed by atoms with Gasteiger partial charge < -0.3 is 4.90 Å². The lowest BCUT2D eigenvalue weighted by Gasteiger charge is -2.55. The van der Waals surface area contributed by atoms with Crippen molar-refractivity contribution in [2.45, 2.75) is 66.3 Å². The summed E-state index contributed by atoms with van der Waals surface area (Å²) in [5, 5.41) is 0. The maximum absolute atomic E-state index is 2.67. The molecule has 0 aromatic carbocycles. The van der Waals surface area contributed by atoms with Crippen LogP contribution in [0.2, 0.25) is 0 Å². The van der Waals surface area contributed by atoms with Gasteiger partial charge in [0.15, 0.2) is 0 Å². The van der Waals surface area contributed by atoms with Crippen LogP contribution in [-0.2, 0) is 0 Å². The third-order valence-corrected chi connectivity index (χ3v) is 4.61. The third-order valence-electron chi connectivity index (χ3n) is 4.61. The summed E-state index contributed by atoms with van der Waals surface area (Å²) in [4.78, 5) is 2.67. The summed E-state index contributed by atoms with van der Waals surface area (Å²) in [7, 11) is 0. The molecule has 1 aliphatic carbocycles. The van der Waals surface area contributed by atoms with Crippen LogP contribution < -0.4 is 0 Å². The summed E-state index contributed by atoms with van der Waals surface area (Å²) in [6, 6.07) is 0.952. The van der Waals surface area contributed by atoms with Crippen molar-refractivity contribution in [1.29, 1.82) is 0 Å². The van der Waals surface area contributed by atoms with Gasteiger partial charge in [-0.25, -0.2) is 0 Å². The third kappa shape index (κ3) is 2.55. The molecular formula is C14H29N. The van der Waals surface area contributed by atoms with Gasteiger partial charge in [0.25, 0.3) is 0 Å². The molecule has 0 N–H and O–H groups in total. The van der Waals surface area contributed by atoms with Gasteiger partial charge in [0.1, 0.15) is 0 Å². The predicted molar refractivity (Wildman–Crippen MR) is 68.1 cm³/mol. The molecule has 90 valence electrons. The second-order valence-electron chi connectivity index (χ2n) is 5.41. The van der Waals surface area contributed by atoms with Crippen LogP contribution in [-0.4, -0.2) is 24.0 Å². The molecule has 1 heterocycles. The molecule has 0 radical (unpaired) electrons. The fraction of sp³-hybridized carbons (Fsp3) is 1.00. The Hall–Kier alpha value is -0.0400. The van der Waals surface area contributed by atoms with Gasteiger partial charge in [0.05, 0.1) is 0 Å². The second kappa shape index (κ2) is 5.34. The number of hydrogen-bond acceptors (Lipinski definition) is 1. The Kier molecular flexibility index (Phi) is 4.64. The Balaban J connectivity index is 0.000000531. The van der Waals surface area contributed by atoms with Crippen LogP contribution in [0.3, 0.4) is 0 Å². The summed E-state index contributed by atoms with van der Waals surface area (Å²) in [6.45, 7) is 14.0. The van der Waals surface area contributed by atoms with Crippen LogP contribution in [0.25, 0.3) is 0 Å². The summed E-state index contributed by atoms with van der Waals surface area (Å²) in [5.41, 5.74) is 0.676. The van der Waals surface area contributed by atoms with Gasteiger partial charge in [-0.3, -0.25) is 0 Å². The zero-order chi connectivity index (χ0) is 11.5. The minimum atomic E-state index is 0.676. The van der Waals surface area contributed by atoms with E-state index in [4.69, 9.17) is 0 Å². The Morgan fingerprint density at radius 2 is 1.80 bits per heavy atom. The van der Waals surface area contributed by atoms with Crippen molar-refractivity contribution in [2.24, 2.45) is 11.3 Å². The van der Waals surface area contributed by atoms with Gasteiger partial charge in [0.2, 0.25) is 0 Å². The minimum absolute atomic E-state index is 0.676. The molecule has 2 rings (SSSR count). The number of hydrogen-bond donors (Lipinski definition) is 0. The second-order valence-corrected chi connectivity index (χ2v) is 5.41. The van der Waals surface area contributed by atoms with Crippen molar-refractivity contribution in [3.05, 3.63) is 0 Å². The van der Waals surface area contributed by atoms with E-state index in [1.807, 2.05) is 13.8 Å². The first kappa shape index (κ1) is 13.0. The molecule has 1 aliphatic heterocycles. The highest BCUT2D eigenvalue weighted by molar-refractivity contribution is 4.99. The molecule has 0 bridgehead atoms. The standard InChI is InChI=1S/C12H23N.C2H6/c1-4-10(2)12(3)8-11(9-12)13-6-5-7-13;1-2/h10-11H,4-9H2,1-3H3;1-2H3. The van der Waals surface area contributed by atoms with Crippen LogP contribution in [0.15, 0.2) is 0 Å². The van der Waals surface area contributed by atoms with E-state index in [0.717, 1.165) is 12.0 Å². The van der Waals surface area contributed by atoms with E-state index in [0.29, 0.717) is 5.41 Å². The van der Waals surface area contributed by atoms with E-state index in [9.17, 15) is 0 Å². The van der Waals surface area contributed by atoms with Crippen LogP contribution >= 0.6 is 0 Å². The van der Waals surface area contributed by atoms with Gasteiger partial charge in [-0.05, 0) is 43.7 Å². The smallest absolute Gasteiger partial charge is 0.0106 e. The fourth-order valence-electron chi connectivity index (χ4n) is 2.88. The van der Waals surface area contributed by atoms with E-state index in [1.165, 1.54) is 38.8 Å². The maximum atomic E-state index is 2.67. The normalized spacial score (nSPS) is 37.0. The van der Waals surface area contributed by atoms with Gasteiger partial charge in [-0.2, -0.15) is 0 Å². The fourth-order valence-corrected chi connectivity index (χ4v) is 2.88. The summed E-state index contributed by atoms with van der Waals surface area (Å²) in [6.07, 6.45) is 5.71. The molecule has 1 heteroatoms. The molecule has 1 saturated carbocycles. The average Bonchev–Trinajstić information content (AvgIpc) is 2.14. The topological polar surface area (TPSA) is 3.24 Å². The number of rotatable bonds is 3. The highest BCUT2D eigenvalue weighted by atomic mass is 15.2. The molecular weight excluding hydrogens is 182 g/mol. The molecule has 2 aliphatic rings. The first-order valence-electron chi connectivity index (χ1n) is 6.90. The van der Waals surface area contributed by atoms with Crippen molar-refractivity contribution < 1.29 is 0 Å². The van der Waals surface area contributed by atoms with Crippen molar-refractivity contribution in [3.8, 4) is 0 Å². The molecule has 1 saturated heterocycles. The zero-order valence-electron chi connectivity index (χ0n) is 11.3. The number of nitrogens with zero attached hydrogens (tertiary/aromatic N) is 1. The minimum Gasteiger partial charge on any atom is -0.300 e. The first-order chi connectivity index (χ1) is 7.15. The lowest BCUT2D eigenvalue weighted by atomic mass is 9.59. The molecule has 0 spiro atoms. The molecule has 15 heavy (non-hydrogen) atoms. The monoisotopic (exact) mass is 211 g/mol. The molecule has 0 aromatic heterocycles. The van der Waals surface area contributed by atoms with Gasteiger partial charge in [-0.1, -0.05) is 41.0 Å². The molecule has 0 aromatic rings. The summed E-state index contributed by atoms with van der Waals surface area (Å²) < 4.78 is 0. The quantitative estimate of drug-likeness (QED) is 0.683. The lowest BCUT2D eigenvalue weighted by molar-refractivity contribution is -0.0484. The SMILES string of the molecule is CC.CCC(C)C1(C)CC(N2CCC2)C1. The first-order valence-corrected chi connectivity index (χ1v) is 6.90. The van der Waals surface area contributed by atoms with E-state index < -0.39 is 0 Å². The van der Waals surface area contributed by atoms with Crippen LogP contribution in [0.4, 0.5) is 0 Å². The molecule has 1 unspecified atom stereocenters. The Morgan fingerprint density at radius 1 is 1.27 bits per heavy atom. The van der Waals surface area contributed by atoms with E-state index in [1.54, 1.807) is 0 Å². The van der Waals surface area contributed by atoms with Crippen molar-refractivity contribution >= 4 is 0 Å². The zero-order valence-corrected chi connectivity index (χ0v) is 11.3. The van der Waals surface area contributed by atoms with Crippen LogP contribution in [0.5, 0.6) is 0 Å². The maximum Gasteiger partial charge on any atom is 0.0106 e. The highest BCUT2D eigenvalue weighted by Crippen LogP contribution is 2.50. The molecule has 0 amide bonds.